The maximum atomic E-state index is 7.42. The van der Waals surface area contributed by atoms with E-state index in [1.165, 1.54) is 0 Å². The largest absolute Gasteiger partial charge is 0.494 e. The van der Waals surface area contributed by atoms with Crippen molar-refractivity contribution in [2.75, 3.05) is 6.61 Å². The summed E-state index contributed by atoms with van der Waals surface area (Å²) in [5.74, 6) is 0.992. The predicted molar refractivity (Wildman–Crippen MR) is 75.4 cm³/mol. The van der Waals surface area contributed by atoms with E-state index in [0.717, 1.165) is 41.5 Å². The van der Waals surface area contributed by atoms with Crippen LogP contribution in [0.2, 0.25) is 0 Å². The van der Waals surface area contributed by atoms with Gasteiger partial charge in [-0.1, -0.05) is 31.5 Å². The highest BCUT2D eigenvalue weighted by Crippen LogP contribution is 2.22. The smallest absolute Gasteiger partial charge is 0.122 e. The number of amidine groups is 1. The van der Waals surface area contributed by atoms with Crippen molar-refractivity contribution in [2.24, 2.45) is 5.73 Å². The molecule has 3 nitrogen and oxygen atoms in total. The van der Waals surface area contributed by atoms with Crippen LogP contribution in [0.4, 0.5) is 0 Å². The second-order valence-electron chi connectivity index (χ2n) is 4.34. The van der Waals surface area contributed by atoms with Crippen LogP contribution in [0.3, 0.4) is 0 Å². The molecule has 3 heteroatoms. The number of ether oxygens (including phenoxy) is 1. The molecular weight excluding hydrogens is 224 g/mol. The molecule has 0 aromatic heterocycles. The number of hydrogen-bond donors (Lipinski definition) is 2. The SMILES string of the molecule is CCCCOc1ccc2cc(C(=N)N)ccc2c1. The molecule has 0 saturated heterocycles. The quantitative estimate of drug-likeness (QED) is 0.480. The Morgan fingerprint density at radius 1 is 1.17 bits per heavy atom. The molecule has 0 spiro atoms. The van der Waals surface area contributed by atoms with Crippen LogP contribution < -0.4 is 10.5 Å². The average molecular weight is 242 g/mol. The first-order valence-electron chi connectivity index (χ1n) is 6.21. The second kappa shape index (κ2) is 5.54. The molecule has 3 N–H and O–H groups in total. The van der Waals surface area contributed by atoms with Crippen molar-refractivity contribution in [3.63, 3.8) is 0 Å². The van der Waals surface area contributed by atoms with Gasteiger partial charge in [0.25, 0.3) is 0 Å². The van der Waals surface area contributed by atoms with Gasteiger partial charge >= 0.3 is 0 Å². The fourth-order valence-electron chi connectivity index (χ4n) is 1.82. The molecule has 2 aromatic rings. The van der Waals surface area contributed by atoms with Crippen molar-refractivity contribution >= 4 is 16.6 Å². The van der Waals surface area contributed by atoms with Crippen LogP contribution in [-0.4, -0.2) is 12.4 Å². The third kappa shape index (κ3) is 2.80. The molecule has 0 aliphatic carbocycles. The van der Waals surface area contributed by atoms with Gasteiger partial charge in [-0.3, -0.25) is 5.41 Å². The molecule has 0 aliphatic rings. The van der Waals surface area contributed by atoms with Crippen molar-refractivity contribution in [3.05, 3.63) is 42.0 Å². The molecule has 2 rings (SSSR count). The Morgan fingerprint density at radius 2 is 1.89 bits per heavy atom. The van der Waals surface area contributed by atoms with Crippen molar-refractivity contribution in [1.82, 2.24) is 0 Å². The minimum absolute atomic E-state index is 0.0974. The predicted octanol–water partition coefficient (Wildman–Crippen LogP) is 3.30. The molecule has 18 heavy (non-hydrogen) atoms. The summed E-state index contributed by atoms with van der Waals surface area (Å²) in [6.07, 6.45) is 2.21. The van der Waals surface area contributed by atoms with Crippen LogP contribution in [0.1, 0.15) is 25.3 Å². The van der Waals surface area contributed by atoms with E-state index in [9.17, 15) is 0 Å². The first kappa shape index (κ1) is 12.4. The van der Waals surface area contributed by atoms with E-state index < -0.39 is 0 Å². The first-order chi connectivity index (χ1) is 8.70. The van der Waals surface area contributed by atoms with Crippen molar-refractivity contribution in [3.8, 4) is 5.75 Å². The molecule has 0 saturated carbocycles. The Labute approximate surface area is 107 Å². The maximum absolute atomic E-state index is 7.42. The number of nitrogen functional groups attached to an aromatic ring is 1. The van der Waals surface area contributed by atoms with Crippen molar-refractivity contribution < 1.29 is 4.74 Å². The van der Waals surface area contributed by atoms with Crippen molar-refractivity contribution in [1.29, 1.82) is 5.41 Å². The average Bonchev–Trinajstić information content (AvgIpc) is 2.38. The molecule has 0 heterocycles. The Kier molecular flexibility index (Phi) is 3.82. The monoisotopic (exact) mass is 242 g/mol. The molecule has 0 unspecified atom stereocenters. The summed E-state index contributed by atoms with van der Waals surface area (Å²) in [6.45, 7) is 2.90. The first-order valence-corrected chi connectivity index (χ1v) is 6.21. The van der Waals surface area contributed by atoms with Crippen LogP contribution >= 0.6 is 0 Å². The number of fused-ring (bicyclic) bond motifs is 1. The number of nitrogens with two attached hydrogens (primary N) is 1. The lowest BCUT2D eigenvalue weighted by Gasteiger charge is -2.07. The van der Waals surface area contributed by atoms with E-state index in [1.54, 1.807) is 0 Å². The second-order valence-corrected chi connectivity index (χ2v) is 4.34. The van der Waals surface area contributed by atoms with E-state index in [4.69, 9.17) is 15.9 Å². The number of unbranched alkanes of at least 4 members (excludes halogenated alkanes) is 1. The van der Waals surface area contributed by atoms with Crippen LogP contribution in [0.5, 0.6) is 5.75 Å². The minimum atomic E-state index is 0.0974. The zero-order valence-corrected chi connectivity index (χ0v) is 10.6. The summed E-state index contributed by atoms with van der Waals surface area (Å²) < 4.78 is 5.67. The number of hydrogen-bond acceptors (Lipinski definition) is 2. The summed E-state index contributed by atoms with van der Waals surface area (Å²) in [5, 5.41) is 9.60. The highest BCUT2D eigenvalue weighted by molar-refractivity contribution is 5.99. The third-order valence-corrected chi connectivity index (χ3v) is 2.89. The van der Waals surface area contributed by atoms with E-state index in [2.05, 4.69) is 6.92 Å². The van der Waals surface area contributed by atoms with Gasteiger partial charge in [0.15, 0.2) is 0 Å². The Balaban J connectivity index is 2.24. The van der Waals surface area contributed by atoms with Crippen LogP contribution in [0, 0.1) is 5.41 Å². The number of benzene rings is 2. The van der Waals surface area contributed by atoms with E-state index >= 15 is 0 Å². The van der Waals surface area contributed by atoms with E-state index in [0.29, 0.717) is 0 Å². The van der Waals surface area contributed by atoms with Crippen molar-refractivity contribution in [2.45, 2.75) is 19.8 Å². The Bertz CT molecular complexity index is 563. The van der Waals surface area contributed by atoms with E-state index in [1.807, 2.05) is 36.4 Å². The maximum Gasteiger partial charge on any atom is 0.122 e. The van der Waals surface area contributed by atoms with Gasteiger partial charge in [-0.05, 0) is 35.4 Å². The van der Waals surface area contributed by atoms with Gasteiger partial charge in [-0.2, -0.15) is 0 Å². The topological polar surface area (TPSA) is 59.1 Å². The van der Waals surface area contributed by atoms with Crippen LogP contribution in [-0.2, 0) is 0 Å². The summed E-state index contributed by atoms with van der Waals surface area (Å²) in [7, 11) is 0. The molecule has 0 fully saturated rings. The molecule has 0 radical (unpaired) electrons. The van der Waals surface area contributed by atoms with Crippen LogP contribution in [0.15, 0.2) is 36.4 Å². The zero-order valence-electron chi connectivity index (χ0n) is 10.6. The fraction of sp³-hybridized carbons (Fsp3) is 0.267. The number of nitrogens with one attached hydrogen (secondary N) is 1. The fourth-order valence-corrected chi connectivity index (χ4v) is 1.82. The molecule has 0 amide bonds. The molecular formula is C15H18N2O. The molecule has 2 aromatic carbocycles. The summed E-state index contributed by atoms with van der Waals surface area (Å²) in [4.78, 5) is 0. The van der Waals surface area contributed by atoms with Gasteiger partial charge in [-0.15, -0.1) is 0 Å². The molecule has 0 aliphatic heterocycles. The minimum Gasteiger partial charge on any atom is -0.494 e. The van der Waals surface area contributed by atoms with Gasteiger partial charge < -0.3 is 10.5 Å². The van der Waals surface area contributed by atoms with E-state index in [-0.39, 0.29) is 5.84 Å². The third-order valence-electron chi connectivity index (χ3n) is 2.89. The molecule has 0 atom stereocenters. The number of rotatable bonds is 5. The van der Waals surface area contributed by atoms with Gasteiger partial charge in [-0.25, -0.2) is 0 Å². The summed E-state index contributed by atoms with van der Waals surface area (Å²) >= 11 is 0. The zero-order chi connectivity index (χ0) is 13.0. The highest BCUT2D eigenvalue weighted by Gasteiger charge is 2.01. The highest BCUT2D eigenvalue weighted by atomic mass is 16.5. The van der Waals surface area contributed by atoms with Gasteiger partial charge in [0.05, 0.1) is 6.61 Å². The summed E-state index contributed by atoms with van der Waals surface area (Å²) in [6, 6.07) is 11.7. The standard InChI is InChI=1S/C15H18N2O/c1-2-3-8-18-14-7-6-11-9-13(15(16)17)5-4-12(11)10-14/h4-7,9-10H,2-3,8H2,1H3,(H3,16,17). The lowest BCUT2D eigenvalue weighted by Crippen LogP contribution is -2.10. The normalized spacial score (nSPS) is 10.5. The summed E-state index contributed by atoms with van der Waals surface area (Å²) in [5.41, 5.74) is 6.23. The Hall–Kier alpha value is -2.03. The van der Waals surface area contributed by atoms with Gasteiger partial charge in [0.1, 0.15) is 11.6 Å². The van der Waals surface area contributed by atoms with Gasteiger partial charge in [0.2, 0.25) is 0 Å². The Morgan fingerprint density at radius 3 is 2.61 bits per heavy atom. The van der Waals surface area contributed by atoms with Crippen LogP contribution in [0.25, 0.3) is 10.8 Å². The lowest BCUT2D eigenvalue weighted by atomic mass is 10.1. The van der Waals surface area contributed by atoms with Gasteiger partial charge in [0, 0.05) is 5.56 Å². The lowest BCUT2D eigenvalue weighted by molar-refractivity contribution is 0.310. The molecule has 94 valence electrons. The molecule has 0 bridgehead atoms.